The number of ether oxygens (including phenoxy) is 2. The second-order valence-corrected chi connectivity index (χ2v) is 3.64. The van der Waals surface area contributed by atoms with Gasteiger partial charge in [0.25, 0.3) is 0 Å². The number of rotatable bonds is 6. The summed E-state index contributed by atoms with van der Waals surface area (Å²) in [7, 11) is 0. The van der Waals surface area contributed by atoms with Crippen molar-refractivity contribution in [1.82, 2.24) is 0 Å². The van der Waals surface area contributed by atoms with E-state index in [9.17, 15) is 13.2 Å². The van der Waals surface area contributed by atoms with Crippen molar-refractivity contribution >= 4 is 0 Å². The maximum Gasteiger partial charge on any atom is 0.397 e. The van der Waals surface area contributed by atoms with E-state index in [1.807, 2.05) is 6.92 Å². The zero-order chi connectivity index (χ0) is 13.6. The lowest BCUT2D eigenvalue weighted by Gasteiger charge is -2.18. The molecule has 1 atom stereocenters. The Kier molecular flexibility index (Phi) is 5.27. The lowest BCUT2D eigenvalue weighted by molar-refractivity contribution is -0.190. The smallest absolute Gasteiger partial charge is 0.397 e. The van der Waals surface area contributed by atoms with Gasteiger partial charge in [-0.1, -0.05) is 0 Å². The molecule has 102 valence electrons. The highest BCUT2D eigenvalue weighted by molar-refractivity contribution is 5.31. The Labute approximate surface area is 103 Å². The van der Waals surface area contributed by atoms with Gasteiger partial charge in [0.05, 0.1) is 13.2 Å². The average Bonchev–Trinajstić information content (AvgIpc) is 2.30. The molecule has 0 amide bonds. The summed E-state index contributed by atoms with van der Waals surface area (Å²) in [5.74, 6) is -0.940. The Morgan fingerprint density at radius 3 is 2.00 bits per heavy atom. The molecule has 3 nitrogen and oxygen atoms in total. The minimum Gasteiger partial charge on any atom is -0.494 e. The van der Waals surface area contributed by atoms with Gasteiger partial charge < -0.3 is 14.6 Å². The highest BCUT2D eigenvalue weighted by Gasteiger charge is 2.39. The van der Waals surface area contributed by atoms with Gasteiger partial charge >= 0.3 is 6.18 Å². The van der Waals surface area contributed by atoms with Gasteiger partial charge in [-0.25, -0.2) is 0 Å². The van der Waals surface area contributed by atoms with Crippen molar-refractivity contribution in [1.29, 1.82) is 0 Å². The van der Waals surface area contributed by atoms with Crippen LogP contribution in [-0.4, -0.2) is 31.1 Å². The Bertz CT molecular complexity index is 349. The zero-order valence-corrected chi connectivity index (χ0v) is 9.91. The lowest BCUT2D eigenvalue weighted by Crippen LogP contribution is -2.31. The highest BCUT2D eigenvalue weighted by atomic mass is 19.4. The number of aliphatic hydroxyl groups excluding tert-OH is 1. The van der Waals surface area contributed by atoms with Crippen LogP contribution in [0, 0.1) is 5.92 Å². The molecule has 0 fully saturated rings. The summed E-state index contributed by atoms with van der Waals surface area (Å²) < 4.78 is 47.2. The molecule has 1 unspecified atom stereocenters. The number of benzene rings is 1. The number of halogens is 3. The van der Waals surface area contributed by atoms with Crippen molar-refractivity contribution < 1.29 is 27.8 Å². The molecule has 1 aromatic rings. The monoisotopic (exact) mass is 264 g/mol. The zero-order valence-electron chi connectivity index (χ0n) is 9.91. The average molecular weight is 264 g/mol. The Balaban J connectivity index is 2.52. The number of hydrogen-bond donors (Lipinski definition) is 1. The molecule has 0 heterocycles. The van der Waals surface area contributed by atoms with Crippen LogP contribution in [0.1, 0.15) is 6.92 Å². The van der Waals surface area contributed by atoms with E-state index in [4.69, 9.17) is 14.6 Å². The fourth-order valence-corrected chi connectivity index (χ4v) is 1.25. The standard InChI is InChI=1S/C12H15F3O3/c1-2-17-10-3-5-11(6-4-10)18-8-9(7-16)12(13,14)15/h3-6,9,16H,2,7-8H2,1H3. The number of aliphatic hydroxyl groups is 1. The van der Waals surface area contributed by atoms with Gasteiger partial charge in [0.2, 0.25) is 0 Å². The second-order valence-electron chi connectivity index (χ2n) is 3.64. The minimum atomic E-state index is -4.46. The van der Waals surface area contributed by atoms with Gasteiger partial charge in [-0.3, -0.25) is 0 Å². The fraction of sp³-hybridized carbons (Fsp3) is 0.500. The molecule has 0 bridgehead atoms. The molecule has 0 aromatic heterocycles. The van der Waals surface area contributed by atoms with Crippen LogP contribution in [0.4, 0.5) is 13.2 Å². The normalized spacial score (nSPS) is 13.2. The van der Waals surface area contributed by atoms with Crippen molar-refractivity contribution in [2.45, 2.75) is 13.1 Å². The molecule has 0 saturated heterocycles. The van der Waals surface area contributed by atoms with Crippen LogP contribution in [0.25, 0.3) is 0 Å². The fourth-order valence-electron chi connectivity index (χ4n) is 1.25. The molecule has 0 saturated carbocycles. The maximum absolute atomic E-state index is 12.3. The lowest BCUT2D eigenvalue weighted by atomic mass is 10.2. The van der Waals surface area contributed by atoms with Gasteiger partial charge in [0, 0.05) is 0 Å². The van der Waals surface area contributed by atoms with Crippen LogP contribution < -0.4 is 9.47 Å². The summed E-state index contributed by atoms with van der Waals surface area (Å²) in [6.45, 7) is 0.759. The molecular formula is C12H15F3O3. The van der Waals surface area contributed by atoms with Gasteiger partial charge in [0.15, 0.2) is 0 Å². The summed E-state index contributed by atoms with van der Waals surface area (Å²) in [6, 6.07) is 6.27. The van der Waals surface area contributed by atoms with Gasteiger partial charge in [-0.15, -0.1) is 0 Å². The molecular weight excluding hydrogens is 249 g/mol. The van der Waals surface area contributed by atoms with Crippen molar-refractivity contribution in [2.75, 3.05) is 19.8 Å². The van der Waals surface area contributed by atoms with E-state index in [1.54, 1.807) is 12.1 Å². The molecule has 18 heavy (non-hydrogen) atoms. The van der Waals surface area contributed by atoms with E-state index >= 15 is 0 Å². The van der Waals surface area contributed by atoms with Crippen LogP contribution in [0.2, 0.25) is 0 Å². The molecule has 1 N–H and O–H groups in total. The van der Waals surface area contributed by atoms with Gasteiger partial charge in [0.1, 0.15) is 24.0 Å². The third-order valence-corrected chi connectivity index (χ3v) is 2.27. The van der Waals surface area contributed by atoms with Crippen molar-refractivity contribution in [3.05, 3.63) is 24.3 Å². The number of hydrogen-bond acceptors (Lipinski definition) is 3. The van der Waals surface area contributed by atoms with E-state index in [1.165, 1.54) is 12.1 Å². The second kappa shape index (κ2) is 6.49. The summed E-state index contributed by atoms with van der Waals surface area (Å²) >= 11 is 0. The van der Waals surface area contributed by atoms with Crippen LogP contribution in [-0.2, 0) is 0 Å². The Morgan fingerprint density at radius 2 is 1.61 bits per heavy atom. The first-order chi connectivity index (χ1) is 8.47. The maximum atomic E-state index is 12.3. The summed E-state index contributed by atoms with van der Waals surface area (Å²) in [4.78, 5) is 0. The third kappa shape index (κ3) is 4.44. The largest absolute Gasteiger partial charge is 0.494 e. The van der Waals surface area contributed by atoms with Crippen molar-refractivity contribution in [2.24, 2.45) is 5.92 Å². The summed E-state index contributed by atoms with van der Waals surface area (Å²) in [5.41, 5.74) is 0. The minimum absolute atomic E-state index is 0.307. The SMILES string of the molecule is CCOc1ccc(OCC(CO)C(F)(F)F)cc1. The first-order valence-corrected chi connectivity index (χ1v) is 5.50. The molecule has 0 aliphatic carbocycles. The summed E-state index contributed by atoms with van der Waals surface area (Å²) in [5, 5.41) is 8.63. The van der Waals surface area contributed by atoms with Crippen LogP contribution >= 0.6 is 0 Å². The molecule has 1 aromatic carbocycles. The van der Waals surface area contributed by atoms with E-state index in [0.717, 1.165) is 0 Å². The van der Waals surface area contributed by atoms with Crippen molar-refractivity contribution in [3.63, 3.8) is 0 Å². The Morgan fingerprint density at radius 1 is 1.11 bits per heavy atom. The molecule has 1 rings (SSSR count). The van der Waals surface area contributed by atoms with E-state index in [0.29, 0.717) is 18.1 Å². The van der Waals surface area contributed by atoms with Crippen LogP contribution in [0.5, 0.6) is 11.5 Å². The van der Waals surface area contributed by atoms with E-state index in [2.05, 4.69) is 0 Å². The van der Waals surface area contributed by atoms with E-state index < -0.39 is 25.3 Å². The first kappa shape index (κ1) is 14.6. The highest BCUT2D eigenvalue weighted by Crippen LogP contribution is 2.27. The van der Waals surface area contributed by atoms with Gasteiger partial charge in [-0.05, 0) is 31.2 Å². The first-order valence-electron chi connectivity index (χ1n) is 5.50. The molecule has 6 heteroatoms. The van der Waals surface area contributed by atoms with E-state index in [-0.39, 0.29) is 0 Å². The number of alkyl halides is 3. The van der Waals surface area contributed by atoms with Crippen LogP contribution in [0.3, 0.4) is 0 Å². The molecule has 0 spiro atoms. The van der Waals surface area contributed by atoms with Gasteiger partial charge in [-0.2, -0.15) is 13.2 Å². The summed E-state index contributed by atoms with van der Waals surface area (Å²) in [6.07, 6.45) is -4.46. The third-order valence-electron chi connectivity index (χ3n) is 2.27. The molecule has 0 aliphatic heterocycles. The van der Waals surface area contributed by atoms with Crippen LogP contribution in [0.15, 0.2) is 24.3 Å². The quantitative estimate of drug-likeness (QED) is 0.858. The predicted molar refractivity (Wildman–Crippen MR) is 59.7 cm³/mol. The van der Waals surface area contributed by atoms with Crippen molar-refractivity contribution in [3.8, 4) is 11.5 Å². The Hall–Kier alpha value is -1.43. The topological polar surface area (TPSA) is 38.7 Å². The molecule has 0 radical (unpaired) electrons. The molecule has 0 aliphatic rings. The predicted octanol–water partition coefficient (Wildman–Crippen LogP) is 2.63.